The highest BCUT2D eigenvalue weighted by Gasteiger charge is 2.09. The van der Waals surface area contributed by atoms with Gasteiger partial charge in [-0.2, -0.15) is 0 Å². The lowest BCUT2D eigenvalue weighted by Gasteiger charge is -2.09. The zero-order valence-electron chi connectivity index (χ0n) is 10.3. The van der Waals surface area contributed by atoms with Gasteiger partial charge in [-0.1, -0.05) is 23.8 Å². The highest BCUT2D eigenvalue weighted by Crippen LogP contribution is 2.20. The van der Waals surface area contributed by atoms with Gasteiger partial charge in [-0.15, -0.1) is 0 Å². The first-order valence-electron chi connectivity index (χ1n) is 5.66. The minimum atomic E-state index is -0.526. The van der Waals surface area contributed by atoms with Gasteiger partial charge in [0.05, 0.1) is 6.10 Å². The molecule has 3 heteroatoms. The van der Waals surface area contributed by atoms with Gasteiger partial charge in [0.15, 0.2) is 5.82 Å². The van der Waals surface area contributed by atoms with Crippen LogP contribution in [0.5, 0.6) is 0 Å². The Bertz CT molecular complexity index is 535. The van der Waals surface area contributed by atoms with Crippen LogP contribution in [0.25, 0.3) is 11.4 Å². The summed E-state index contributed by atoms with van der Waals surface area (Å²) in [6, 6.07) is 8.08. The lowest BCUT2D eigenvalue weighted by molar-refractivity contribution is 0.197. The molecule has 0 saturated heterocycles. The smallest absolute Gasteiger partial charge is 0.159 e. The van der Waals surface area contributed by atoms with Crippen molar-refractivity contribution >= 4 is 0 Å². The Morgan fingerprint density at radius 2 is 2.00 bits per heavy atom. The van der Waals surface area contributed by atoms with Gasteiger partial charge in [-0.25, -0.2) is 9.97 Å². The van der Waals surface area contributed by atoms with Crippen LogP contribution >= 0.6 is 0 Å². The summed E-state index contributed by atoms with van der Waals surface area (Å²) in [5.41, 5.74) is 3.79. The summed E-state index contributed by atoms with van der Waals surface area (Å²) in [7, 11) is 0. The molecule has 1 N–H and O–H groups in total. The maximum Gasteiger partial charge on any atom is 0.159 e. The molecule has 2 rings (SSSR count). The van der Waals surface area contributed by atoms with Crippen molar-refractivity contribution in [3.8, 4) is 11.4 Å². The van der Waals surface area contributed by atoms with Crippen LogP contribution < -0.4 is 0 Å². The first-order chi connectivity index (χ1) is 8.08. The number of benzene rings is 1. The molecule has 0 saturated carbocycles. The van der Waals surface area contributed by atoms with Crippen LogP contribution in [0.3, 0.4) is 0 Å². The lowest BCUT2D eigenvalue weighted by Crippen LogP contribution is -2.01. The van der Waals surface area contributed by atoms with Crippen LogP contribution in [-0.4, -0.2) is 15.1 Å². The molecule has 17 heavy (non-hydrogen) atoms. The van der Waals surface area contributed by atoms with Gasteiger partial charge in [-0.05, 0) is 26.8 Å². The largest absolute Gasteiger partial charge is 0.389 e. The van der Waals surface area contributed by atoms with Gasteiger partial charge >= 0.3 is 0 Å². The number of hydrogen-bond acceptors (Lipinski definition) is 3. The highest BCUT2D eigenvalue weighted by atomic mass is 16.3. The van der Waals surface area contributed by atoms with E-state index in [0.717, 1.165) is 16.8 Å². The van der Waals surface area contributed by atoms with Crippen molar-refractivity contribution in [2.24, 2.45) is 0 Å². The molecule has 0 spiro atoms. The van der Waals surface area contributed by atoms with E-state index in [0.29, 0.717) is 5.82 Å². The third-order valence-corrected chi connectivity index (χ3v) is 2.74. The average molecular weight is 228 g/mol. The summed E-state index contributed by atoms with van der Waals surface area (Å²) in [4.78, 5) is 8.74. The summed E-state index contributed by atoms with van der Waals surface area (Å²) in [6.45, 7) is 5.65. The normalized spacial score (nSPS) is 12.5. The number of aliphatic hydroxyl groups excluding tert-OH is 1. The SMILES string of the molecule is Cc1cccc(-c2ncc([C@H](C)O)c(C)n2)c1. The number of hydrogen-bond donors (Lipinski definition) is 1. The number of aromatic nitrogens is 2. The minimum absolute atomic E-state index is 0.526. The Labute approximate surface area is 101 Å². The van der Waals surface area contributed by atoms with Gasteiger partial charge in [0.25, 0.3) is 0 Å². The van der Waals surface area contributed by atoms with Crippen molar-refractivity contribution in [2.75, 3.05) is 0 Å². The average Bonchev–Trinajstić information content (AvgIpc) is 2.28. The van der Waals surface area contributed by atoms with E-state index in [1.807, 2.05) is 32.0 Å². The summed E-state index contributed by atoms with van der Waals surface area (Å²) in [6.07, 6.45) is 1.17. The Hall–Kier alpha value is -1.74. The van der Waals surface area contributed by atoms with Gasteiger partial charge in [0.2, 0.25) is 0 Å². The summed E-state index contributed by atoms with van der Waals surface area (Å²) < 4.78 is 0. The molecule has 0 fully saturated rings. The first-order valence-corrected chi connectivity index (χ1v) is 5.66. The van der Waals surface area contributed by atoms with Crippen LogP contribution in [0, 0.1) is 13.8 Å². The number of aliphatic hydroxyl groups is 1. The molecule has 1 heterocycles. The standard InChI is InChI=1S/C14H16N2O/c1-9-5-4-6-12(7-9)14-15-8-13(11(3)17)10(2)16-14/h4-8,11,17H,1-3H3/t11-/m0/s1. The Balaban J connectivity index is 2.44. The lowest BCUT2D eigenvalue weighted by atomic mass is 10.1. The van der Waals surface area contributed by atoms with Crippen molar-refractivity contribution in [3.05, 3.63) is 47.3 Å². The second kappa shape index (κ2) is 4.63. The van der Waals surface area contributed by atoms with E-state index in [1.165, 1.54) is 5.56 Å². The van der Waals surface area contributed by atoms with Gasteiger partial charge in [0, 0.05) is 23.0 Å². The van der Waals surface area contributed by atoms with Crippen LogP contribution in [0.1, 0.15) is 29.8 Å². The molecule has 0 aliphatic heterocycles. The predicted molar refractivity (Wildman–Crippen MR) is 67.6 cm³/mol. The monoisotopic (exact) mass is 228 g/mol. The molecule has 1 atom stereocenters. The fourth-order valence-electron chi connectivity index (χ4n) is 1.81. The van der Waals surface area contributed by atoms with Crippen LogP contribution in [0.4, 0.5) is 0 Å². The Morgan fingerprint density at radius 3 is 2.59 bits per heavy atom. The molecule has 0 amide bonds. The predicted octanol–water partition coefficient (Wildman–Crippen LogP) is 2.81. The molecule has 0 radical (unpaired) electrons. The van der Waals surface area contributed by atoms with Gasteiger partial charge in [-0.3, -0.25) is 0 Å². The van der Waals surface area contributed by atoms with Crippen molar-refractivity contribution in [1.29, 1.82) is 0 Å². The van der Waals surface area contributed by atoms with Gasteiger partial charge in [0.1, 0.15) is 0 Å². The molecule has 3 nitrogen and oxygen atoms in total. The molecule has 0 bridgehead atoms. The third-order valence-electron chi connectivity index (χ3n) is 2.74. The maximum atomic E-state index is 9.53. The molecule has 0 unspecified atom stereocenters. The fraction of sp³-hybridized carbons (Fsp3) is 0.286. The van der Waals surface area contributed by atoms with Gasteiger partial charge < -0.3 is 5.11 Å². The molecular formula is C14H16N2O. The van der Waals surface area contributed by atoms with E-state index in [2.05, 4.69) is 16.0 Å². The zero-order valence-corrected chi connectivity index (χ0v) is 10.3. The van der Waals surface area contributed by atoms with Crippen LogP contribution in [0.15, 0.2) is 30.5 Å². The molecule has 2 aromatic rings. The van der Waals surface area contributed by atoms with E-state index in [9.17, 15) is 5.11 Å². The molecule has 1 aromatic carbocycles. The van der Waals surface area contributed by atoms with Crippen molar-refractivity contribution in [3.63, 3.8) is 0 Å². The molecule has 0 aliphatic rings. The quantitative estimate of drug-likeness (QED) is 0.859. The minimum Gasteiger partial charge on any atom is -0.389 e. The van der Waals surface area contributed by atoms with Crippen molar-refractivity contribution in [1.82, 2.24) is 9.97 Å². The topological polar surface area (TPSA) is 46.0 Å². The van der Waals surface area contributed by atoms with Crippen LogP contribution in [0.2, 0.25) is 0 Å². The highest BCUT2D eigenvalue weighted by molar-refractivity contribution is 5.56. The third kappa shape index (κ3) is 2.50. The van der Waals surface area contributed by atoms with E-state index >= 15 is 0 Å². The zero-order chi connectivity index (χ0) is 12.4. The fourth-order valence-corrected chi connectivity index (χ4v) is 1.81. The summed E-state index contributed by atoms with van der Waals surface area (Å²) in [5, 5.41) is 9.53. The Kier molecular flexibility index (Phi) is 3.20. The summed E-state index contributed by atoms with van der Waals surface area (Å²) >= 11 is 0. The van der Waals surface area contributed by atoms with E-state index < -0.39 is 6.10 Å². The second-order valence-corrected chi connectivity index (χ2v) is 4.28. The van der Waals surface area contributed by atoms with Crippen molar-refractivity contribution < 1.29 is 5.11 Å². The second-order valence-electron chi connectivity index (χ2n) is 4.28. The Morgan fingerprint density at radius 1 is 1.24 bits per heavy atom. The number of rotatable bonds is 2. The molecular weight excluding hydrogens is 212 g/mol. The summed E-state index contributed by atoms with van der Waals surface area (Å²) in [5.74, 6) is 0.704. The van der Waals surface area contributed by atoms with E-state index in [1.54, 1.807) is 13.1 Å². The molecule has 88 valence electrons. The molecule has 1 aromatic heterocycles. The molecule has 0 aliphatic carbocycles. The maximum absolute atomic E-state index is 9.53. The number of nitrogens with zero attached hydrogens (tertiary/aromatic N) is 2. The number of aryl methyl sites for hydroxylation is 2. The van der Waals surface area contributed by atoms with Crippen LogP contribution in [-0.2, 0) is 0 Å². The van der Waals surface area contributed by atoms with E-state index in [4.69, 9.17) is 0 Å². The van der Waals surface area contributed by atoms with E-state index in [-0.39, 0.29) is 0 Å². The first kappa shape index (κ1) is 11.7. The van der Waals surface area contributed by atoms with Crippen molar-refractivity contribution in [2.45, 2.75) is 26.9 Å².